The van der Waals surface area contributed by atoms with E-state index in [1.165, 1.54) is 0 Å². The van der Waals surface area contributed by atoms with Gasteiger partial charge in [-0.2, -0.15) is 13.2 Å². The van der Waals surface area contributed by atoms with Crippen molar-refractivity contribution >= 4 is 28.8 Å². The second kappa shape index (κ2) is 9.87. The number of aryl methyl sites for hydroxylation is 1. The lowest BCUT2D eigenvalue weighted by Crippen LogP contribution is -2.34. The van der Waals surface area contributed by atoms with E-state index in [9.17, 15) is 18.0 Å². The summed E-state index contributed by atoms with van der Waals surface area (Å²) in [7, 11) is 0. The highest BCUT2D eigenvalue weighted by atomic mass is 35.5. The van der Waals surface area contributed by atoms with Gasteiger partial charge >= 0.3 is 6.18 Å². The smallest absolute Gasteiger partial charge is 0.390 e. The third kappa shape index (κ3) is 5.88. The van der Waals surface area contributed by atoms with Gasteiger partial charge in [0.15, 0.2) is 5.65 Å². The Labute approximate surface area is 222 Å². The average Bonchev–Trinajstić information content (AvgIpc) is 3.39. The predicted molar refractivity (Wildman–Crippen MR) is 141 cm³/mol. The van der Waals surface area contributed by atoms with Crippen LogP contribution in [0.3, 0.4) is 0 Å². The van der Waals surface area contributed by atoms with Crippen LogP contribution < -0.4 is 15.4 Å². The molecule has 6 nitrogen and oxygen atoms in total. The highest BCUT2D eigenvalue weighted by molar-refractivity contribution is 6.30. The lowest BCUT2D eigenvalue weighted by Gasteiger charge is -2.15. The van der Waals surface area contributed by atoms with Crippen LogP contribution in [0.1, 0.15) is 42.1 Å². The van der Waals surface area contributed by atoms with Gasteiger partial charge in [0.1, 0.15) is 11.5 Å². The zero-order valence-electron chi connectivity index (χ0n) is 20.8. The van der Waals surface area contributed by atoms with Gasteiger partial charge in [0, 0.05) is 34.3 Å². The van der Waals surface area contributed by atoms with Crippen LogP contribution in [0, 0.1) is 6.92 Å². The van der Waals surface area contributed by atoms with Gasteiger partial charge < -0.3 is 15.4 Å². The van der Waals surface area contributed by atoms with Crippen molar-refractivity contribution < 1.29 is 22.7 Å². The number of hydrogen-bond donors (Lipinski definition) is 2. The highest BCUT2D eigenvalue weighted by Gasteiger charge is 2.39. The van der Waals surface area contributed by atoms with Crippen LogP contribution in [0.5, 0.6) is 11.5 Å². The van der Waals surface area contributed by atoms with Crippen molar-refractivity contribution in [1.29, 1.82) is 0 Å². The van der Waals surface area contributed by atoms with Crippen molar-refractivity contribution in [3.8, 4) is 22.8 Å². The van der Waals surface area contributed by atoms with Crippen LogP contribution in [-0.4, -0.2) is 33.6 Å². The molecular formula is C28H26ClF3N4O2. The van der Waals surface area contributed by atoms with Gasteiger partial charge in [-0.3, -0.25) is 9.20 Å². The topological polar surface area (TPSA) is 67.7 Å². The largest absolute Gasteiger partial charge is 0.456 e. The summed E-state index contributed by atoms with van der Waals surface area (Å²) in [6, 6.07) is 14.0. The van der Waals surface area contributed by atoms with Gasteiger partial charge in [-0.25, -0.2) is 4.98 Å². The number of benzene rings is 2. The Morgan fingerprint density at radius 3 is 2.63 bits per heavy atom. The molecule has 38 heavy (non-hydrogen) atoms. The molecule has 5 rings (SSSR count). The van der Waals surface area contributed by atoms with Crippen LogP contribution in [0.15, 0.2) is 60.9 Å². The van der Waals surface area contributed by atoms with Gasteiger partial charge in [0.25, 0.3) is 5.91 Å². The van der Waals surface area contributed by atoms with E-state index in [2.05, 4.69) is 15.6 Å². The first-order chi connectivity index (χ1) is 18.0. The van der Waals surface area contributed by atoms with E-state index in [1.54, 1.807) is 53.2 Å². The second-order valence-corrected chi connectivity index (χ2v) is 10.3. The summed E-state index contributed by atoms with van der Waals surface area (Å²) in [6.07, 6.45) is 0.0208. The Kier molecular flexibility index (Phi) is 6.73. The van der Waals surface area contributed by atoms with Gasteiger partial charge in [0.05, 0.1) is 30.2 Å². The van der Waals surface area contributed by atoms with Gasteiger partial charge in [-0.1, -0.05) is 23.7 Å². The number of nitrogens with zero attached hydrogens (tertiary/aromatic N) is 2. The number of amides is 1. The highest BCUT2D eigenvalue weighted by Crippen LogP contribution is 2.35. The molecule has 1 aliphatic rings. The monoisotopic (exact) mass is 542 g/mol. The number of pyridine rings is 1. The molecule has 0 unspecified atom stereocenters. The molecule has 2 N–H and O–H groups in total. The molecule has 2 aromatic heterocycles. The summed E-state index contributed by atoms with van der Waals surface area (Å²) in [6.45, 7) is 3.58. The number of rotatable bonds is 8. The van der Waals surface area contributed by atoms with E-state index in [-0.39, 0.29) is 18.0 Å². The minimum absolute atomic E-state index is 0.111. The number of fused-ring (bicyclic) bond motifs is 1. The van der Waals surface area contributed by atoms with E-state index in [0.717, 1.165) is 24.0 Å². The quantitative estimate of drug-likeness (QED) is 0.243. The van der Waals surface area contributed by atoms with E-state index in [1.807, 2.05) is 26.0 Å². The predicted octanol–water partition coefficient (Wildman–Crippen LogP) is 7.40. The summed E-state index contributed by atoms with van der Waals surface area (Å²) in [5.41, 5.74) is 3.60. The fraction of sp³-hybridized carbons (Fsp3) is 0.286. The number of alkyl halides is 3. The molecule has 4 aromatic rings. The fourth-order valence-electron chi connectivity index (χ4n) is 4.20. The maximum atomic E-state index is 12.8. The Balaban J connectivity index is 1.50. The number of imidazole rings is 1. The van der Waals surface area contributed by atoms with Crippen LogP contribution in [0.4, 0.5) is 18.9 Å². The van der Waals surface area contributed by atoms with Gasteiger partial charge in [0.2, 0.25) is 0 Å². The van der Waals surface area contributed by atoms with Crippen molar-refractivity contribution in [1.82, 2.24) is 14.7 Å². The van der Waals surface area contributed by atoms with Gasteiger partial charge in [-0.05, 0) is 62.6 Å². The minimum Gasteiger partial charge on any atom is -0.456 e. The van der Waals surface area contributed by atoms with Crippen LogP contribution in [0.25, 0.3) is 16.9 Å². The molecule has 198 valence electrons. The van der Waals surface area contributed by atoms with Crippen molar-refractivity contribution in [2.75, 3.05) is 11.9 Å². The van der Waals surface area contributed by atoms with Crippen molar-refractivity contribution in [3.05, 3.63) is 77.1 Å². The molecule has 1 amide bonds. The standard InChI is InChI=1S/C28H26ClF3N4O2/c1-17-12-18(6-7-22(17)26(37)35-27(2)8-9-27)24-15-34-25-23(33-11-10-28(30,31)32)14-21(16-36(24)25)38-20-5-3-4-19(29)13-20/h3-7,12-16,33H,8-11H2,1-2H3,(H,35,37). The zero-order valence-corrected chi connectivity index (χ0v) is 21.6. The molecule has 0 bridgehead atoms. The molecular weight excluding hydrogens is 517 g/mol. The van der Waals surface area contributed by atoms with Crippen molar-refractivity contribution in [3.63, 3.8) is 0 Å². The Bertz CT molecular complexity index is 1510. The number of carbonyl (C=O) groups excluding carboxylic acids is 1. The van der Waals surface area contributed by atoms with Gasteiger partial charge in [-0.15, -0.1) is 0 Å². The molecule has 2 aromatic carbocycles. The summed E-state index contributed by atoms with van der Waals surface area (Å²) in [5.74, 6) is 0.759. The third-order valence-corrected chi connectivity index (χ3v) is 6.75. The molecule has 1 saturated carbocycles. The SMILES string of the molecule is Cc1cc(-c2cnc3c(NCCC(F)(F)F)cc(Oc4cccc(Cl)c4)cn23)ccc1C(=O)NC1(C)CC1. The number of nitrogens with one attached hydrogen (secondary N) is 2. The molecule has 1 fully saturated rings. The minimum atomic E-state index is -4.29. The van der Waals surface area contributed by atoms with E-state index in [4.69, 9.17) is 16.3 Å². The Hall–Kier alpha value is -3.72. The molecule has 2 heterocycles. The number of halogens is 4. The maximum absolute atomic E-state index is 12.8. The first-order valence-electron chi connectivity index (χ1n) is 12.2. The fourth-order valence-corrected chi connectivity index (χ4v) is 4.38. The lowest BCUT2D eigenvalue weighted by molar-refractivity contribution is -0.131. The van der Waals surface area contributed by atoms with E-state index >= 15 is 0 Å². The molecule has 0 radical (unpaired) electrons. The summed E-state index contributed by atoms with van der Waals surface area (Å²) in [4.78, 5) is 17.2. The molecule has 0 atom stereocenters. The normalized spacial score (nSPS) is 14.4. The first kappa shape index (κ1) is 25.9. The molecule has 0 saturated heterocycles. The number of ether oxygens (including phenoxy) is 1. The third-order valence-electron chi connectivity index (χ3n) is 6.52. The summed E-state index contributed by atoms with van der Waals surface area (Å²) < 4.78 is 46.1. The van der Waals surface area contributed by atoms with Crippen molar-refractivity contribution in [2.45, 2.75) is 44.8 Å². The molecule has 0 spiro atoms. The maximum Gasteiger partial charge on any atom is 0.390 e. The molecule has 10 heteroatoms. The zero-order chi connectivity index (χ0) is 27.1. The number of carbonyl (C=O) groups is 1. The Morgan fingerprint density at radius 1 is 1.16 bits per heavy atom. The molecule has 1 aliphatic carbocycles. The number of aromatic nitrogens is 2. The average molecular weight is 543 g/mol. The number of anilines is 1. The second-order valence-electron chi connectivity index (χ2n) is 9.82. The van der Waals surface area contributed by atoms with Crippen molar-refractivity contribution in [2.24, 2.45) is 0 Å². The van der Waals surface area contributed by atoms with Crippen LogP contribution in [0.2, 0.25) is 5.02 Å². The Morgan fingerprint density at radius 2 is 1.95 bits per heavy atom. The number of hydrogen-bond acceptors (Lipinski definition) is 4. The summed E-state index contributed by atoms with van der Waals surface area (Å²) in [5, 5.41) is 6.41. The summed E-state index contributed by atoms with van der Waals surface area (Å²) >= 11 is 6.08. The van der Waals surface area contributed by atoms with E-state index < -0.39 is 12.6 Å². The van der Waals surface area contributed by atoms with Crippen LogP contribution >= 0.6 is 11.6 Å². The molecule has 0 aliphatic heterocycles. The first-order valence-corrected chi connectivity index (χ1v) is 12.6. The lowest BCUT2D eigenvalue weighted by atomic mass is 10.0. The van der Waals surface area contributed by atoms with Crippen LogP contribution in [-0.2, 0) is 0 Å². The van der Waals surface area contributed by atoms with E-state index in [0.29, 0.717) is 39.1 Å².